The first-order valence-electron chi connectivity index (χ1n) is 5.22. The van der Waals surface area contributed by atoms with E-state index in [4.69, 9.17) is 4.74 Å². The van der Waals surface area contributed by atoms with Crippen LogP contribution < -0.4 is 0 Å². The maximum atomic E-state index is 10.2. The Morgan fingerprint density at radius 3 is 2.69 bits per heavy atom. The Hall–Kier alpha value is -0.370. The molecule has 4 unspecified atom stereocenters. The van der Waals surface area contributed by atoms with Crippen LogP contribution in [0.1, 0.15) is 33.6 Å². The highest BCUT2D eigenvalue weighted by Crippen LogP contribution is 2.32. The van der Waals surface area contributed by atoms with Crippen LogP contribution in [0.5, 0.6) is 0 Å². The molecule has 0 radical (unpaired) electrons. The molecule has 0 spiro atoms. The smallest absolute Gasteiger partial charge is 0.120 e. The molecule has 1 aliphatic rings. The van der Waals surface area contributed by atoms with Gasteiger partial charge in [0, 0.05) is 13.0 Å². The second-order valence-corrected chi connectivity index (χ2v) is 4.36. The second kappa shape index (κ2) is 4.75. The minimum absolute atomic E-state index is 0.370. The van der Waals surface area contributed by atoms with Crippen molar-refractivity contribution < 1.29 is 9.53 Å². The molecule has 13 heavy (non-hydrogen) atoms. The second-order valence-electron chi connectivity index (χ2n) is 4.36. The monoisotopic (exact) mass is 184 g/mol. The highest BCUT2D eigenvalue weighted by atomic mass is 16.5. The first-order chi connectivity index (χ1) is 6.16. The molecule has 0 bridgehead atoms. The fraction of sp³-hybridized carbons (Fsp3) is 0.909. The molecular weight excluding hydrogens is 164 g/mol. The minimum atomic E-state index is 0.370. The van der Waals surface area contributed by atoms with Gasteiger partial charge in [-0.15, -0.1) is 0 Å². The van der Waals surface area contributed by atoms with Gasteiger partial charge in [0.05, 0.1) is 6.10 Å². The fourth-order valence-electron chi connectivity index (χ4n) is 2.07. The lowest BCUT2D eigenvalue weighted by atomic mass is 9.86. The summed E-state index contributed by atoms with van der Waals surface area (Å²) in [4.78, 5) is 10.2. The first-order valence-corrected chi connectivity index (χ1v) is 5.22. The van der Waals surface area contributed by atoms with Gasteiger partial charge in [0.15, 0.2) is 0 Å². The Morgan fingerprint density at radius 2 is 2.23 bits per heavy atom. The predicted molar refractivity (Wildman–Crippen MR) is 52.5 cm³/mol. The third-order valence-corrected chi connectivity index (χ3v) is 3.27. The van der Waals surface area contributed by atoms with Crippen molar-refractivity contribution in [2.75, 3.05) is 6.61 Å². The summed E-state index contributed by atoms with van der Waals surface area (Å²) >= 11 is 0. The van der Waals surface area contributed by atoms with E-state index >= 15 is 0 Å². The quantitative estimate of drug-likeness (QED) is 0.626. The van der Waals surface area contributed by atoms with Crippen molar-refractivity contribution in [3.05, 3.63) is 0 Å². The molecular formula is C11H20O2. The van der Waals surface area contributed by atoms with Gasteiger partial charge in [-0.1, -0.05) is 20.8 Å². The van der Waals surface area contributed by atoms with Gasteiger partial charge in [-0.25, -0.2) is 0 Å². The number of carbonyl (C=O) groups excluding carboxylic acids is 1. The number of carbonyl (C=O) groups is 1. The maximum Gasteiger partial charge on any atom is 0.120 e. The van der Waals surface area contributed by atoms with Gasteiger partial charge in [-0.2, -0.15) is 0 Å². The zero-order valence-electron chi connectivity index (χ0n) is 8.82. The lowest BCUT2D eigenvalue weighted by Crippen LogP contribution is -2.24. The molecule has 0 aliphatic carbocycles. The SMILES string of the molecule is CC1COC(C(C)CCC=O)C1C. The predicted octanol–water partition coefficient (Wildman–Crippen LogP) is 2.27. The summed E-state index contributed by atoms with van der Waals surface area (Å²) in [5.41, 5.74) is 0. The number of ether oxygens (including phenoxy) is 1. The number of hydrogen-bond acceptors (Lipinski definition) is 2. The molecule has 1 heterocycles. The van der Waals surface area contributed by atoms with Crippen LogP contribution in [0, 0.1) is 17.8 Å². The van der Waals surface area contributed by atoms with Crippen molar-refractivity contribution in [2.45, 2.75) is 39.7 Å². The van der Waals surface area contributed by atoms with Crippen LogP contribution in [-0.4, -0.2) is 19.0 Å². The van der Waals surface area contributed by atoms with Crippen molar-refractivity contribution in [2.24, 2.45) is 17.8 Å². The number of aldehydes is 1. The van der Waals surface area contributed by atoms with E-state index in [-0.39, 0.29) is 0 Å². The van der Waals surface area contributed by atoms with Gasteiger partial charge >= 0.3 is 0 Å². The minimum Gasteiger partial charge on any atom is -0.377 e. The molecule has 0 saturated carbocycles. The van der Waals surface area contributed by atoms with Crippen LogP contribution in [-0.2, 0) is 9.53 Å². The normalized spacial score (nSPS) is 36.1. The molecule has 2 heteroatoms. The molecule has 0 aromatic heterocycles. The molecule has 1 rings (SSSR count). The van der Waals surface area contributed by atoms with Crippen LogP contribution in [0.25, 0.3) is 0 Å². The van der Waals surface area contributed by atoms with Crippen LogP contribution in [0.2, 0.25) is 0 Å². The third kappa shape index (κ3) is 2.53. The van der Waals surface area contributed by atoms with Crippen molar-refractivity contribution in [3.63, 3.8) is 0 Å². The number of rotatable bonds is 4. The molecule has 1 aliphatic heterocycles. The summed E-state index contributed by atoms with van der Waals surface area (Å²) in [7, 11) is 0. The molecule has 76 valence electrons. The van der Waals surface area contributed by atoms with Crippen LogP contribution in [0.3, 0.4) is 0 Å². The largest absolute Gasteiger partial charge is 0.377 e. The van der Waals surface area contributed by atoms with Crippen molar-refractivity contribution in [3.8, 4) is 0 Å². The average molecular weight is 184 g/mol. The molecule has 0 N–H and O–H groups in total. The van der Waals surface area contributed by atoms with Gasteiger partial charge in [0.2, 0.25) is 0 Å². The highest BCUT2D eigenvalue weighted by molar-refractivity contribution is 5.49. The summed E-state index contributed by atoms with van der Waals surface area (Å²) in [5.74, 6) is 1.83. The number of hydrogen-bond donors (Lipinski definition) is 0. The van der Waals surface area contributed by atoms with E-state index < -0.39 is 0 Å². The standard InChI is InChI=1S/C11H20O2/c1-8(5-4-6-12)11-10(3)9(2)7-13-11/h6,8-11H,4-5,7H2,1-3H3. The topological polar surface area (TPSA) is 26.3 Å². The molecule has 2 nitrogen and oxygen atoms in total. The lowest BCUT2D eigenvalue weighted by molar-refractivity contribution is -0.108. The Kier molecular flexibility index (Phi) is 3.91. The van der Waals surface area contributed by atoms with E-state index in [2.05, 4.69) is 20.8 Å². The molecule has 1 fully saturated rings. The van der Waals surface area contributed by atoms with Gasteiger partial charge < -0.3 is 9.53 Å². The highest BCUT2D eigenvalue weighted by Gasteiger charge is 2.33. The van der Waals surface area contributed by atoms with Gasteiger partial charge in [-0.05, 0) is 24.2 Å². The van der Waals surface area contributed by atoms with Crippen molar-refractivity contribution in [1.29, 1.82) is 0 Å². The lowest BCUT2D eigenvalue weighted by Gasteiger charge is -2.22. The van der Waals surface area contributed by atoms with E-state index in [1.165, 1.54) is 0 Å². The molecule has 4 atom stereocenters. The first kappa shape index (κ1) is 10.7. The van der Waals surface area contributed by atoms with Gasteiger partial charge in [0.1, 0.15) is 6.29 Å². The van der Waals surface area contributed by atoms with E-state index in [0.29, 0.717) is 30.3 Å². The summed E-state index contributed by atoms with van der Waals surface area (Å²) < 4.78 is 5.72. The Balaban J connectivity index is 2.38. The van der Waals surface area contributed by atoms with Crippen LogP contribution in [0.15, 0.2) is 0 Å². The fourth-order valence-corrected chi connectivity index (χ4v) is 2.07. The molecule has 1 saturated heterocycles. The van der Waals surface area contributed by atoms with E-state index in [9.17, 15) is 4.79 Å². The molecule has 0 aromatic rings. The van der Waals surface area contributed by atoms with E-state index in [1.807, 2.05) is 0 Å². The van der Waals surface area contributed by atoms with E-state index in [0.717, 1.165) is 19.3 Å². The zero-order chi connectivity index (χ0) is 9.84. The Bertz CT molecular complexity index is 167. The van der Waals surface area contributed by atoms with Gasteiger partial charge in [0.25, 0.3) is 0 Å². The third-order valence-electron chi connectivity index (χ3n) is 3.27. The molecule has 0 aromatic carbocycles. The zero-order valence-corrected chi connectivity index (χ0v) is 8.82. The van der Waals surface area contributed by atoms with E-state index in [1.54, 1.807) is 0 Å². The van der Waals surface area contributed by atoms with Crippen LogP contribution in [0.4, 0.5) is 0 Å². The van der Waals surface area contributed by atoms with Crippen LogP contribution >= 0.6 is 0 Å². The maximum absolute atomic E-state index is 10.2. The molecule has 0 amide bonds. The van der Waals surface area contributed by atoms with Gasteiger partial charge in [-0.3, -0.25) is 0 Å². The van der Waals surface area contributed by atoms with Crippen molar-refractivity contribution in [1.82, 2.24) is 0 Å². The summed E-state index contributed by atoms with van der Waals surface area (Å²) in [6, 6.07) is 0. The summed E-state index contributed by atoms with van der Waals surface area (Å²) in [6.07, 6.45) is 3.00. The Morgan fingerprint density at radius 1 is 1.54 bits per heavy atom. The van der Waals surface area contributed by atoms with Crippen molar-refractivity contribution >= 4 is 6.29 Å². The average Bonchev–Trinajstić information content (AvgIpc) is 2.44. The Labute approximate surface area is 80.7 Å². The summed E-state index contributed by atoms with van der Waals surface area (Å²) in [5, 5.41) is 0. The summed E-state index contributed by atoms with van der Waals surface area (Å²) in [6.45, 7) is 7.55.